The molecule has 0 radical (unpaired) electrons. The second-order valence-electron chi connectivity index (χ2n) is 9.82. The van der Waals surface area contributed by atoms with Gasteiger partial charge in [-0.15, -0.1) is 10.2 Å². The Morgan fingerprint density at radius 2 is 1.21 bits per heavy atom. The van der Waals surface area contributed by atoms with E-state index < -0.39 is 0 Å². The normalized spacial score (nSPS) is 12.7. The summed E-state index contributed by atoms with van der Waals surface area (Å²) in [4.78, 5) is 17.6. The third kappa shape index (κ3) is 8.50. The van der Waals surface area contributed by atoms with Crippen molar-refractivity contribution < 1.29 is 19.2 Å². The van der Waals surface area contributed by atoms with Gasteiger partial charge in [0.2, 0.25) is 0 Å². The van der Waals surface area contributed by atoms with Crippen molar-refractivity contribution in [3.05, 3.63) is 106 Å². The summed E-state index contributed by atoms with van der Waals surface area (Å²) in [5.74, 6) is -0.535. The molecule has 0 amide bonds. The van der Waals surface area contributed by atoms with E-state index in [1.54, 1.807) is 24.3 Å². The Kier molecular flexibility index (Phi) is 9.62. The van der Waals surface area contributed by atoms with Crippen molar-refractivity contribution in [3.63, 3.8) is 0 Å². The first-order valence-electron chi connectivity index (χ1n) is 11.8. The highest BCUT2D eigenvalue weighted by Gasteiger charge is 2.21. The summed E-state index contributed by atoms with van der Waals surface area (Å²) >= 11 is 3.10. The predicted molar refractivity (Wildman–Crippen MR) is 142 cm³/mol. The highest BCUT2D eigenvalue weighted by Crippen LogP contribution is 2.24. The van der Waals surface area contributed by atoms with Crippen LogP contribution in [0.4, 0.5) is 8.78 Å². The Balaban J connectivity index is 0.000000216. The molecule has 39 heavy (non-hydrogen) atoms. The van der Waals surface area contributed by atoms with Crippen molar-refractivity contribution in [2.75, 3.05) is 13.1 Å². The fourth-order valence-corrected chi connectivity index (χ4v) is 3.60. The number of rotatable bonds is 6. The number of hydrogen-bond acceptors (Lipinski definition) is 8. The topological polar surface area (TPSA) is 127 Å². The number of halogens is 3. The van der Waals surface area contributed by atoms with Crippen LogP contribution in [0.5, 0.6) is 0 Å². The third-order valence-electron chi connectivity index (χ3n) is 5.75. The minimum atomic E-state index is -0.310. The van der Waals surface area contributed by atoms with Crippen LogP contribution in [0.2, 0.25) is 0 Å². The molecule has 0 saturated heterocycles. The minimum Gasteiger partial charge on any atom is -0.409 e. The van der Waals surface area contributed by atoms with Gasteiger partial charge in [0.15, 0.2) is 0 Å². The van der Waals surface area contributed by atoms with Gasteiger partial charge in [0.05, 0.1) is 31.7 Å². The van der Waals surface area contributed by atoms with Crippen LogP contribution in [-0.4, -0.2) is 53.4 Å². The van der Waals surface area contributed by atoms with Crippen LogP contribution in [0.1, 0.15) is 38.8 Å². The summed E-state index contributed by atoms with van der Waals surface area (Å²) in [5.41, 5.74) is 1.57. The van der Waals surface area contributed by atoms with Crippen LogP contribution < -0.4 is 11.2 Å². The van der Waals surface area contributed by atoms with Crippen molar-refractivity contribution in [2.24, 2.45) is 9.98 Å². The Morgan fingerprint density at radius 1 is 0.744 bits per heavy atom. The molecule has 10 nitrogen and oxygen atoms in total. The monoisotopic (exact) mass is 602 g/mol. The Labute approximate surface area is 232 Å². The minimum absolute atomic E-state index is 0.114. The number of aromatic nitrogens is 6. The molecule has 2 heterocycles. The molecule has 0 aliphatic rings. The number of hydrogen-bond donors (Lipinski definition) is 2. The van der Waals surface area contributed by atoms with Crippen LogP contribution in [0.3, 0.4) is 0 Å². The lowest BCUT2D eigenvalue weighted by atomic mass is 9.85. The molecular formula is C26H29BrF2N8O2. The SMILES string of the molecule is CC(C)(CN=c1ncc(Br)nn1O)c1ccc(F)cc1.CC(C)(CN=c1nccnn1O)c1ccc(F)cc1. The molecule has 2 aromatic carbocycles. The third-order valence-corrected chi connectivity index (χ3v) is 6.11. The first kappa shape index (κ1) is 29.6. The van der Waals surface area contributed by atoms with Gasteiger partial charge in [-0.2, -0.15) is 0 Å². The van der Waals surface area contributed by atoms with Gasteiger partial charge in [-0.25, -0.2) is 28.7 Å². The van der Waals surface area contributed by atoms with Crippen LogP contribution >= 0.6 is 15.9 Å². The molecule has 0 unspecified atom stereocenters. The summed E-state index contributed by atoms with van der Waals surface area (Å²) in [7, 11) is 0. The Morgan fingerprint density at radius 3 is 1.64 bits per heavy atom. The summed E-state index contributed by atoms with van der Waals surface area (Å²) in [6.07, 6.45) is 4.27. The van der Waals surface area contributed by atoms with E-state index in [9.17, 15) is 19.2 Å². The Hall–Kier alpha value is -4.00. The van der Waals surface area contributed by atoms with Gasteiger partial charge >= 0.3 is 0 Å². The first-order valence-corrected chi connectivity index (χ1v) is 12.6. The maximum absolute atomic E-state index is 12.9. The Bertz CT molecular complexity index is 1520. The number of benzene rings is 2. The van der Waals surface area contributed by atoms with Gasteiger partial charge in [0.1, 0.15) is 16.2 Å². The number of nitrogens with zero attached hydrogens (tertiary/aromatic N) is 8. The standard InChI is InChI=1S/C13H14BrFN4O.C13H15FN4O/c1-13(2,9-3-5-10(15)6-4-9)8-17-12-16-7-11(14)18-19(12)20;1-13(2,10-3-5-11(14)6-4-10)9-16-12-15-7-8-17-18(12)19/h3-7,20H,8H2,1-2H3;3-8,19H,9H2,1-2H3. The zero-order valence-electron chi connectivity index (χ0n) is 21.9. The highest BCUT2D eigenvalue weighted by atomic mass is 79.9. The quantitative estimate of drug-likeness (QED) is 0.323. The van der Waals surface area contributed by atoms with Gasteiger partial charge in [-0.05, 0) is 51.3 Å². The molecule has 0 bridgehead atoms. The van der Waals surface area contributed by atoms with Gasteiger partial charge in [0, 0.05) is 10.8 Å². The average molecular weight is 603 g/mol. The smallest absolute Gasteiger partial charge is 0.279 e. The summed E-state index contributed by atoms with van der Waals surface area (Å²) in [5, 5.41) is 26.4. The van der Waals surface area contributed by atoms with Gasteiger partial charge in [0.25, 0.3) is 11.2 Å². The fraction of sp³-hybridized carbons (Fsp3) is 0.308. The molecule has 4 aromatic rings. The summed E-state index contributed by atoms with van der Waals surface area (Å²) < 4.78 is 26.2. The lowest BCUT2D eigenvalue weighted by Gasteiger charge is -2.22. The second-order valence-corrected chi connectivity index (χ2v) is 10.6. The molecule has 2 N–H and O–H groups in total. The molecule has 0 aliphatic heterocycles. The van der Waals surface area contributed by atoms with Crippen LogP contribution in [-0.2, 0) is 10.8 Å². The van der Waals surface area contributed by atoms with Crippen molar-refractivity contribution in [2.45, 2.75) is 38.5 Å². The van der Waals surface area contributed by atoms with Crippen LogP contribution in [0.25, 0.3) is 0 Å². The lowest BCUT2D eigenvalue weighted by molar-refractivity contribution is 0.123. The van der Waals surface area contributed by atoms with Gasteiger partial charge < -0.3 is 10.4 Å². The predicted octanol–water partition coefficient (Wildman–Crippen LogP) is 3.83. The maximum Gasteiger partial charge on any atom is 0.279 e. The average Bonchev–Trinajstić information content (AvgIpc) is 2.89. The zero-order chi connectivity index (χ0) is 28.6. The highest BCUT2D eigenvalue weighted by molar-refractivity contribution is 9.10. The fourth-order valence-electron chi connectivity index (χ4n) is 3.35. The van der Waals surface area contributed by atoms with Gasteiger partial charge in [-0.1, -0.05) is 61.7 Å². The molecule has 0 fully saturated rings. The van der Waals surface area contributed by atoms with Crippen LogP contribution in [0, 0.1) is 11.6 Å². The van der Waals surface area contributed by atoms with E-state index in [2.05, 4.69) is 46.1 Å². The largest absolute Gasteiger partial charge is 0.409 e. The molecule has 0 atom stereocenters. The molecule has 13 heteroatoms. The summed E-state index contributed by atoms with van der Waals surface area (Å²) in [6, 6.07) is 12.6. The molecule has 206 valence electrons. The van der Waals surface area contributed by atoms with Crippen molar-refractivity contribution in [1.82, 2.24) is 29.9 Å². The molecule has 0 aliphatic carbocycles. The zero-order valence-corrected chi connectivity index (χ0v) is 23.5. The molecule has 0 saturated carbocycles. The van der Waals surface area contributed by atoms with E-state index in [0.717, 1.165) is 11.1 Å². The van der Waals surface area contributed by atoms with E-state index in [-0.39, 0.29) is 33.7 Å². The molecule has 4 rings (SSSR count). The van der Waals surface area contributed by atoms with E-state index in [1.165, 1.54) is 42.9 Å². The summed E-state index contributed by atoms with van der Waals surface area (Å²) in [6.45, 7) is 8.73. The van der Waals surface area contributed by atoms with Gasteiger partial charge in [-0.3, -0.25) is 0 Å². The first-order chi connectivity index (χ1) is 18.4. The lowest BCUT2D eigenvalue weighted by Crippen LogP contribution is -2.29. The van der Waals surface area contributed by atoms with E-state index in [4.69, 9.17) is 0 Å². The molecular weight excluding hydrogens is 574 g/mol. The van der Waals surface area contributed by atoms with Crippen molar-refractivity contribution >= 4 is 15.9 Å². The van der Waals surface area contributed by atoms with E-state index in [0.29, 0.717) is 27.4 Å². The van der Waals surface area contributed by atoms with E-state index >= 15 is 0 Å². The van der Waals surface area contributed by atoms with E-state index in [1.807, 2.05) is 27.7 Å². The van der Waals surface area contributed by atoms with Crippen molar-refractivity contribution in [3.8, 4) is 0 Å². The van der Waals surface area contributed by atoms with Crippen LogP contribution in [0.15, 0.2) is 81.7 Å². The molecule has 0 spiro atoms. The molecule has 2 aromatic heterocycles. The maximum atomic E-state index is 12.9. The van der Waals surface area contributed by atoms with Crippen molar-refractivity contribution in [1.29, 1.82) is 0 Å². The second kappa shape index (κ2) is 12.7.